The van der Waals surface area contributed by atoms with Gasteiger partial charge in [0, 0.05) is 19.2 Å². The fourth-order valence-electron chi connectivity index (χ4n) is 3.10. The second-order valence-electron chi connectivity index (χ2n) is 6.84. The lowest BCUT2D eigenvalue weighted by atomic mass is 10.1. The van der Waals surface area contributed by atoms with E-state index in [0.29, 0.717) is 18.3 Å². The van der Waals surface area contributed by atoms with Crippen LogP contribution in [0.3, 0.4) is 0 Å². The van der Waals surface area contributed by atoms with E-state index in [4.69, 9.17) is 4.74 Å². The van der Waals surface area contributed by atoms with E-state index in [2.05, 4.69) is 10.3 Å². The average Bonchev–Trinajstić information content (AvgIpc) is 2.98. The van der Waals surface area contributed by atoms with Crippen molar-refractivity contribution in [1.82, 2.24) is 4.90 Å². The van der Waals surface area contributed by atoms with E-state index in [9.17, 15) is 9.59 Å². The lowest BCUT2D eigenvalue weighted by Crippen LogP contribution is -2.35. The summed E-state index contributed by atoms with van der Waals surface area (Å²) in [5.74, 6) is -0.292. The van der Waals surface area contributed by atoms with Crippen LogP contribution in [0.4, 0.5) is 11.4 Å². The molecule has 0 bridgehead atoms. The third kappa shape index (κ3) is 5.25. The van der Waals surface area contributed by atoms with Gasteiger partial charge in [0.2, 0.25) is 11.8 Å². The molecule has 2 aromatic rings. The molecule has 1 aliphatic rings. The summed E-state index contributed by atoms with van der Waals surface area (Å²) in [5, 5.41) is 3.06. The van der Waals surface area contributed by atoms with E-state index < -0.39 is 5.25 Å². The number of aliphatic imine (C=N–C) groups is 1. The Morgan fingerprint density at radius 1 is 1.14 bits per heavy atom. The number of anilines is 1. The van der Waals surface area contributed by atoms with Crippen LogP contribution in [-0.2, 0) is 14.3 Å². The van der Waals surface area contributed by atoms with E-state index in [-0.39, 0.29) is 18.2 Å². The third-order valence-electron chi connectivity index (χ3n) is 4.64. The van der Waals surface area contributed by atoms with Crippen molar-refractivity contribution < 1.29 is 14.3 Å². The van der Waals surface area contributed by atoms with Gasteiger partial charge in [-0.1, -0.05) is 48.2 Å². The van der Waals surface area contributed by atoms with E-state index in [1.807, 2.05) is 62.4 Å². The molecule has 0 spiro atoms. The van der Waals surface area contributed by atoms with Gasteiger partial charge in [-0.25, -0.2) is 4.99 Å². The molecule has 1 unspecified atom stereocenters. The number of benzene rings is 2. The highest BCUT2D eigenvalue weighted by atomic mass is 32.2. The monoisotopic (exact) mass is 411 g/mol. The number of carbonyl (C=O) groups is 2. The number of para-hydroxylation sites is 2. The number of nitrogens with one attached hydrogen (secondary N) is 1. The Balaban J connectivity index is 1.74. The SMILES string of the molecule is COCCN1C(=O)C(CC(=O)Nc2c(C)cccc2C)SC1=Nc1ccccc1. The lowest BCUT2D eigenvalue weighted by Gasteiger charge is -2.16. The number of methoxy groups -OCH3 is 1. The zero-order valence-corrected chi connectivity index (χ0v) is 17.7. The highest BCUT2D eigenvalue weighted by Crippen LogP contribution is 2.32. The number of amides is 2. The topological polar surface area (TPSA) is 71.0 Å². The smallest absolute Gasteiger partial charge is 0.242 e. The summed E-state index contributed by atoms with van der Waals surface area (Å²) in [6.07, 6.45) is 0.0918. The normalized spacial score (nSPS) is 17.8. The van der Waals surface area contributed by atoms with Crippen LogP contribution < -0.4 is 5.32 Å². The van der Waals surface area contributed by atoms with Gasteiger partial charge in [-0.15, -0.1) is 0 Å². The first-order chi connectivity index (χ1) is 14.0. The predicted octanol–water partition coefficient (Wildman–Crippen LogP) is 3.91. The Hall–Kier alpha value is -2.64. The van der Waals surface area contributed by atoms with Gasteiger partial charge >= 0.3 is 0 Å². The molecule has 2 amide bonds. The quantitative estimate of drug-likeness (QED) is 0.750. The van der Waals surface area contributed by atoms with E-state index in [1.54, 1.807) is 12.0 Å². The molecule has 1 aliphatic heterocycles. The zero-order chi connectivity index (χ0) is 20.8. The molecule has 6 nitrogen and oxygen atoms in total. The number of hydrogen-bond acceptors (Lipinski definition) is 5. The van der Waals surface area contributed by atoms with Gasteiger partial charge < -0.3 is 10.1 Å². The van der Waals surface area contributed by atoms with Gasteiger partial charge in [-0.05, 0) is 37.1 Å². The minimum atomic E-state index is -0.501. The standard InChI is InChI=1S/C22H25N3O3S/c1-15-8-7-9-16(2)20(15)24-19(26)14-18-21(27)25(12-13-28-3)22(29-18)23-17-10-5-4-6-11-17/h4-11,18H,12-14H2,1-3H3,(H,24,26). The molecule has 152 valence electrons. The van der Waals surface area contributed by atoms with Gasteiger partial charge in [0.1, 0.15) is 5.25 Å². The van der Waals surface area contributed by atoms with Crippen LogP contribution in [0, 0.1) is 13.8 Å². The molecule has 1 N–H and O–H groups in total. The largest absolute Gasteiger partial charge is 0.383 e. The fraction of sp³-hybridized carbons (Fsp3) is 0.318. The highest BCUT2D eigenvalue weighted by Gasteiger charge is 2.39. The zero-order valence-electron chi connectivity index (χ0n) is 16.8. The number of carbonyl (C=O) groups excluding carboxylic acids is 2. The highest BCUT2D eigenvalue weighted by molar-refractivity contribution is 8.15. The second-order valence-corrected chi connectivity index (χ2v) is 8.01. The van der Waals surface area contributed by atoms with Crippen molar-refractivity contribution >= 4 is 40.1 Å². The van der Waals surface area contributed by atoms with Gasteiger partial charge in [0.25, 0.3) is 0 Å². The Kier molecular flexibility index (Phi) is 7.06. The Morgan fingerprint density at radius 3 is 2.48 bits per heavy atom. The van der Waals surface area contributed by atoms with Crippen molar-refractivity contribution in [2.75, 3.05) is 25.6 Å². The van der Waals surface area contributed by atoms with E-state index in [1.165, 1.54) is 11.8 Å². The number of nitrogens with zero attached hydrogens (tertiary/aromatic N) is 2. The van der Waals surface area contributed by atoms with Crippen LogP contribution in [-0.4, -0.2) is 47.4 Å². The molecular weight excluding hydrogens is 386 g/mol. The maximum absolute atomic E-state index is 12.9. The molecule has 1 atom stereocenters. The maximum atomic E-state index is 12.9. The van der Waals surface area contributed by atoms with Crippen LogP contribution in [0.2, 0.25) is 0 Å². The van der Waals surface area contributed by atoms with Crippen molar-refractivity contribution in [3.63, 3.8) is 0 Å². The molecule has 0 aromatic heterocycles. The molecule has 7 heteroatoms. The molecule has 0 radical (unpaired) electrons. The molecule has 1 fully saturated rings. The summed E-state index contributed by atoms with van der Waals surface area (Å²) in [6.45, 7) is 4.72. The first-order valence-electron chi connectivity index (χ1n) is 9.46. The van der Waals surface area contributed by atoms with Crippen LogP contribution in [0.1, 0.15) is 17.5 Å². The van der Waals surface area contributed by atoms with Gasteiger partial charge in [0.15, 0.2) is 5.17 Å². The molecule has 29 heavy (non-hydrogen) atoms. The molecule has 2 aromatic carbocycles. The number of amidine groups is 1. The Bertz CT molecular complexity index is 895. The van der Waals surface area contributed by atoms with Crippen LogP contribution in [0.25, 0.3) is 0 Å². The van der Waals surface area contributed by atoms with Crippen molar-refractivity contribution in [3.8, 4) is 0 Å². The van der Waals surface area contributed by atoms with Crippen molar-refractivity contribution in [3.05, 3.63) is 59.7 Å². The lowest BCUT2D eigenvalue weighted by molar-refractivity contribution is -0.128. The summed E-state index contributed by atoms with van der Waals surface area (Å²) < 4.78 is 5.13. The second kappa shape index (κ2) is 9.71. The average molecular weight is 412 g/mol. The Morgan fingerprint density at radius 2 is 1.83 bits per heavy atom. The Labute approximate surface area is 175 Å². The minimum absolute atomic E-state index is 0.0918. The number of rotatable bonds is 7. The molecule has 0 aliphatic carbocycles. The molecule has 3 rings (SSSR count). The van der Waals surface area contributed by atoms with Crippen molar-refractivity contribution in [1.29, 1.82) is 0 Å². The van der Waals surface area contributed by atoms with Crippen molar-refractivity contribution in [2.24, 2.45) is 4.99 Å². The fourth-order valence-corrected chi connectivity index (χ4v) is 4.28. The molecular formula is C22H25N3O3S. The third-order valence-corrected chi connectivity index (χ3v) is 5.81. The number of aryl methyl sites for hydroxylation is 2. The molecule has 1 heterocycles. The first-order valence-corrected chi connectivity index (χ1v) is 10.3. The van der Waals surface area contributed by atoms with Gasteiger partial charge in [0.05, 0.1) is 18.8 Å². The summed E-state index contributed by atoms with van der Waals surface area (Å²) in [7, 11) is 1.59. The van der Waals surface area contributed by atoms with Gasteiger partial charge in [-0.2, -0.15) is 0 Å². The number of hydrogen-bond donors (Lipinski definition) is 1. The minimum Gasteiger partial charge on any atom is -0.383 e. The summed E-state index contributed by atoms with van der Waals surface area (Å²) in [5.41, 5.74) is 3.57. The first kappa shape index (κ1) is 21.1. The van der Waals surface area contributed by atoms with Gasteiger partial charge in [-0.3, -0.25) is 14.5 Å². The van der Waals surface area contributed by atoms with Crippen molar-refractivity contribution in [2.45, 2.75) is 25.5 Å². The summed E-state index contributed by atoms with van der Waals surface area (Å²) >= 11 is 1.33. The van der Waals surface area contributed by atoms with Crippen LogP contribution >= 0.6 is 11.8 Å². The number of ether oxygens (including phenoxy) is 1. The van der Waals surface area contributed by atoms with E-state index >= 15 is 0 Å². The van der Waals surface area contributed by atoms with E-state index in [0.717, 1.165) is 22.5 Å². The molecule has 1 saturated heterocycles. The van der Waals surface area contributed by atoms with Crippen LogP contribution in [0.15, 0.2) is 53.5 Å². The summed E-state index contributed by atoms with van der Waals surface area (Å²) in [4.78, 5) is 31.8. The maximum Gasteiger partial charge on any atom is 0.242 e. The summed E-state index contributed by atoms with van der Waals surface area (Å²) in [6, 6.07) is 15.3. The number of thioether (sulfide) groups is 1. The van der Waals surface area contributed by atoms with Crippen LogP contribution in [0.5, 0.6) is 0 Å². The molecule has 0 saturated carbocycles. The predicted molar refractivity (Wildman–Crippen MR) is 118 cm³/mol.